The van der Waals surface area contributed by atoms with Crippen molar-refractivity contribution in [2.45, 2.75) is 64.4 Å². The summed E-state index contributed by atoms with van der Waals surface area (Å²) in [6.07, 6.45) is 3.00. The third-order valence-electron chi connectivity index (χ3n) is 3.68. The molecule has 0 aliphatic carbocycles. The molecule has 0 spiro atoms. The molecule has 120 valence electrons. The Hall–Kier alpha value is -0.910. The van der Waals surface area contributed by atoms with Crippen LogP contribution in [-0.2, 0) is 16.6 Å². The highest BCUT2D eigenvalue weighted by atomic mass is 32.2. The van der Waals surface area contributed by atoms with Gasteiger partial charge in [-0.1, -0.05) is 38.8 Å². The molecule has 0 saturated carbocycles. The van der Waals surface area contributed by atoms with E-state index in [2.05, 4.69) is 18.6 Å². The smallest absolute Gasteiger partial charge is 0.241 e. The fourth-order valence-corrected chi connectivity index (χ4v) is 3.96. The Bertz CT molecular complexity index is 553. The normalized spacial score (nSPS) is 13.6. The lowest BCUT2D eigenvalue weighted by molar-refractivity contribution is 0.488. The highest BCUT2D eigenvalue weighted by Crippen LogP contribution is 2.19. The summed E-state index contributed by atoms with van der Waals surface area (Å²) in [7, 11) is -3.48. The van der Waals surface area contributed by atoms with Crippen molar-refractivity contribution in [1.29, 1.82) is 0 Å². The van der Waals surface area contributed by atoms with E-state index in [0.717, 1.165) is 30.4 Å². The highest BCUT2D eigenvalue weighted by molar-refractivity contribution is 7.89. The lowest BCUT2D eigenvalue weighted by atomic mass is 10.0. The van der Waals surface area contributed by atoms with Crippen LogP contribution in [0.2, 0.25) is 0 Å². The van der Waals surface area contributed by atoms with Crippen molar-refractivity contribution in [3.05, 3.63) is 29.3 Å². The molecule has 1 aromatic rings. The van der Waals surface area contributed by atoms with Gasteiger partial charge in [-0.2, -0.15) is 0 Å². The van der Waals surface area contributed by atoms with E-state index in [1.807, 2.05) is 13.0 Å². The molecule has 21 heavy (non-hydrogen) atoms. The zero-order chi connectivity index (χ0) is 16.0. The van der Waals surface area contributed by atoms with Crippen LogP contribution < -0.4 is 10.5 Å². The maximum atomic E-state index is 12.5. The Morgan fingerprint density at radius 2 is 1.86 bits per heavy atom. The second kappa shape index (κ2) is 7.92. The molecule has 0 fully saturated rings. The van der Waals surface area contributed by atoms with E-state index in [0.29, 0.717) is 17.4 Å². The predicted molar refractivity (Wildman–Crippen MR) is 87.5 cm³/mol. The second-order valence-corrected chi connectivity index (χ2v) is 7.77. The molecule has 0 aromatic heterocycles. The Labute approximate surface area is 129 Å². The molecule has 1 rings (SSSR count). The average molecular weight is 312 g/mol. The molecule has 0 saturated heterocycles. The van der Waals surface area contributed by atoms with Crippen LogP contribution in [0.1, 0.15) is 51.2 Å². The third-order valence-corrected chi connectivity index (χ3v) is 5.41. The quantitative estimate of drug-likeness (QED) is 0.775. The third kappa shape index (κ3) is 5.41. The van der Waals surface area contributed by atoms with E-state index in [4.69, 9.17) is 5.73 Å². The standard InChI is InChI=1S/C16H28N2O2S/c1-12(2)7-5-8-13(3)18-21(19,20)16-10-6-9-15(11-17)14(16)4/h6,9-10,12-13,18H,5,7-8,11,17H2,1-4H3. The Kier molecular flexibility index (Phi) is 6.84. The van der Waals surface area contributed by atoms with E-state index in [-0.39, 0.29) is 6.04 Å². The molecule has 1 aromatic carbocycles. The molecule has 1 unspecified atom stereocenters. The molecule has 0 bridgehead atoms. The van der Waals surface area contributed by atoms with Crippen LogP contribution in [0.25, 0.3) is 0 Å². The number of nitrogens with two attached hydrogens (primary N) is 1. The summed E-state index contributed by atoms with van der Waals surface area (Å²) in [5.41, 5.74) is 7.25. The molecule has 3 N–H and O–H groups in total. The van der Waals surface area contributed by atoms with Crippen LogP contribution in [0.5, 0.6) is 0 Å². The first-order valence-corrected chi connectivity index (χ1v) is 9.07. The van der Waals surface area contributed by atoms with Crippen molar-refractivity contribution in [2.24, 2.45) is 11.7 Å². The minimum atomic E-state index is -3.48. The van der Waals surface area contributed by atoms with Crippen LogP contribution in [0.15, 0.2) is 23.1 Å². The summed E-state index contributed by atoms with van der Waals surface area (Å²) in [4.78, 5) is 0.334. The molecule has 0 radical (unpaired) electrons. The molecular formula is C16H28N2O2S. The van der Waals surface area contributed by atoms with Crippen LogP contribution in [0, 0.1) is 12.8 Å². The van der Waals surface area contributed by atoms with Gasteiger partial charge in [0.25, 0.3) is 0 Å². The summed E-state index contributed by atoms with van der Waals surface area (Å²) < 4.78 is 27.7. The molecule has 0 aliphatic heterocycles. The predicted octanol–water partition coefficient (Wildman–Crippen LogP) is 2.95. The molecule has 5 heteroatoms. The van der Waals surface area contributed by atoms with Crippen molar-refractivity contribution in [3.63, 3.8) is 0 Å². The first-order valence-electron chi connectivity index (χ1n) is 7.58. The number of sulfonamides is 1. The number of rotatable bonds is 8. The first-order chi connectivity index (χ1) is 9.77. The van der Waals surface area contributed by atoms with Gasteiger partial charge >= 0.3 is 0 Å². The Morgan fingerprint density at radius 1 is 1.19 bits per heavy atom. The van der Waals surface area contributed by atoms with E-state index in [1.165, 1.54) is 0 Å². The topological polar surface area (TPSA) is 72.2 Å². The average Bonchev–Trinajstić information content (AvgIpc) is 2.37. The summed E-state index contributed by atoms with van der Waals surface area (Å²) in [6.45, 7) is 8.42. The SMILES string of the molecule is Cc1c(CN)cccc1S(=O)(=O)NC(C)CCCC(C)C. The molecule has 0 heterocycles. The second-order valence-electron chi connectivity index (χ2n) is 6.09. The monoisotopic (exact) mass is 312 g/mol. The largest absolute Gasteiger partial charge is 0.326 e. The molecule has 0 amide bonds. The van der Waals surface area contributed by atoms with Crippen LogP contribution >= 0.6 is 0 Å². The van der Waals surface area contributed by atoms with Crippen molar-refractivity contribution < 1.29 is 8.42 Å². The van der Waals surface area contributed by atoms with Gasteiger partial charge in [0.15, 0.2) is 0 Å². The Balaban J connectivity index is 2.78. The van der Waals surface area contributed by atoms with Gasteiger partial charge in [-0.05, 0) is 43.4 Å². The zero-order valence-electron chi connectivity index (χ0n) is 13.5. The van der Waals surface area contributed by atoms with Crippen molar-refractivity contribution in [3.8, 4) is 0 Å². The number of hydrogen-bond donors (Lipinski definition) is 2. The number of benzene rings is 1. The van der Waals surface area contributed by atoms with Gasteiger partial charge in [0, 0.05) is 12.6 Å². The first kappa shape index (κ1) is 18.1. The lowest BCUT2D eigenvalue weighted by Gasteiger charge is -2.17. The summed E-state index contributed by atoms with van der Waals surface area (Å²) in [5.74, 6) is 0.650. The van der Waals surface area contributed by atoms with Crippen molar-refractivity contribution in [1.82, 2.24) is 4.72 Å². The van der Waals surface area contributed by atoms with Crippen LogP contribution in [-0.4, -0.2) is 14.5 Å². The van der Waals surface area contributed by atoms with Gasteiger partial charge in [0.1, 0.15) is 0 Å². The number of hydrogen-bond acceptors (Lipinski definition) is 3. The Morgan fingerprint density at radius 3 is 2.43 bits per heavy atom. The van der Waals surface area contributed by atoms with Gasteiger partial charge < -0.3 is 5.73 Å². The maximum Gasteiger partial charge on any atom is 0.241 e. The van der Waals surface area contributed by atoms with Gasteiger partial charge in [-0.25, -0.2) is 13.1 Å². The van der Waals surface area contributed by atoms with E-state index in [1.54, 1.807) is 19.1 Å². The zero-order valence-corrected chi connectivity index (χ0v) is 14.3. The van der Waals surface area contributed by atoms with Gasteiger partial charge in [-0.3, -0.25) is 0 Å². The van der Waals surface area contributed by atoms with E-state index >= 15 is 0 Å². The summed E-state index contributed by atoms with van der Waals surface area (Å²) >= 11 is 0. The van der Waals surface area contributed by atoms with Gasteiger partial charge in [-0.15, -0.1) is 0 Å². The summed E-state index contributed by atoms with van der Waals surface area (Å²) in [6, 6.07) is 5.18. The van der Waals surface area contributed by atoms with Crippen molar-refractivity contribution in [2.75, 3.05) is 0 Å². The molecular weight excluding hydrogens is 284 g/mol. The highest BCUT2D eigenvalue weighted by Gasteiger charge is 2.20. The molecule has 1 atom stereocenters. The van der Waals surface area contributed by atoms with Crippen molar-refractivity contribution >= 4 is 10.0 Å². The minimum Gasteiger partial charge on any atom is -0.326 e. The van der Waals surface area contributed by atoms with Crippen LogP contribution in [0.3, 0.4) is 0 Å². The molecule has 0 aliphatic rings. The minimum absolute atomic E-state index is 0.0605. The number of nitrogens with one attached hydrogen (secondary N) is 1. The maximum absolute atomic E-state index is 12.5. The fraction of sp³-hybridized carbons (Fsp3) is 0.625. The van der Waals surface area contributed by atoms with Gasteiger partial charge in [0.05, 0.1) is 4.90 Å². The fourth-order valence-electron chi connectivity index (χ4n) is 2.39. The summed E-state index contributed by atoms with van der Waals surface area (Å²) in [5, 5.41) is 0. The molecule has 4 nitrogen and oxygen atoms in total. The van der Waals surface area contributed by atoms with Crippen LogP contribution in [0.4, 0.5) is 0 Å². The lowest BCUT2D eigenvalue weighted by Crippen LogP contribution is -2.33. The van der Waals surface area contributed by atoms with E-state index < -0.39 is 10.0 Å². The van der Waals surface area contributed by atoms with Gasteiger partial charge in [0.2, 0.25) is 10.0 Å². The van der Waals surface area contributed by atoms with E-state index in [9.17, 15) is 8.42 Å².